The van der Waals surface area contributed by atoms with Crippen LogP contribution in [0.3, 0.4) is 0 Å². The summed E-state index contributed by atoms with van der Waals surface area (Å²) in [6.45, 7) is 0. The first-order valence-electron chi connectivity index (χ1n) is 6.38. The van der Waals surface area contributed by atoms with Crippen molar-refractivity contribution in [2.75, 3.05) is 5.32 Å². The Labute approximate surface area is 133 Å². The second kappa shape index (κ2) is 5.65. The van der Waals surface area contributed by atoms with Crippen LogP contribution in [-0.2, 0) is 0 Å². The highest BCUT2D eigenvalue weighted by Crippen LogP contribution is 2.25. The summed E-state index contributed by atoms with van der Waals surface area (Å²) in [7, 11) is 0. The third-order valence-corrected chi connectivity index (χ3v) is 3.65. The van der Waals surface area contributed by atoms with Gasteiger partial charge < -0.3 is 14.8 Å². The number of hydrogen-bond acceptors (Lipinski definition) is 4. The number of para-hydroxylation sites is 1. The van der Waals surface area contributed by atoms with Gasteiger partial charge in [-0.3, -0.25) is 4.79 Å². The average Bonchev–Trinajstić information content (AvgIpc) is 2.50. The summed E-state index contributed by atoms with van der Waals surface area (Å²) in [5.74, 6) is -1.28. The van der Waals surface area contributed by atoms with E-state index in [2.05, 4.69) is 21.2 Å². The summed E-state index contributed by atoms with van der Waals surface area (Å²) in [5.41, 5.74) is -0.259. The SMILES string of the molecule is O=C(Nc1ccc(Br)cc1)c1c(O)c(=O)oc2ccccc12. The molecule has 0 unspecified atom stereocenters. The molecule has 0 aliphatic rings. The van der Waals surface area contributed by atoms with Gasteiger partial charge in [-0.15, -0.1) is 0 Å². The lowest BCUT2D eigenvalue weighted by Gasteiger charge is -2.08. The van der Waals surface area contributed by atoms with E-state index in [4.69, 9.17) is 4.42 Å². The molecule has 0 radical (unpaired) electrons. The monoisotopic (exact) mass is 359 g/mol. The fourth-order valence-corrected chi connectivity index (χ4v) is 2.36. The second-order valence-electron chi connectivity index (χ2n) is 4.57. The first-order valence-corrected chi connectivity index (χ1v) is 7.17. The van der Waals surface area contributed by atoms with Crippen molar-refractivity contribution in [2.45, 2.75) is 0 Å². The molecule has 22 heavy (non-hydrogen) atoms. The van der Waals surface area contributed by atoms with Crippen molar-refractivity contribution in [3.63, 3.8) is 0 Å². The number of nitrogens with one attached hydrogen (secondary N) is 1. The molecule has 110 valence electrons. The number of amides is 1. The molecule has 1 heterocycles. The number of carbonyl (C=O) groups excluding carboxylic acids is 1. The number of rotatable bonds is 2. The van der Waals surface area contributed by atoms with Crippen LogP contribution in [0.4, 0.5) is 5.69 Å². The van der Waals surface area contributed by atoms with Crippen LogP contribution in [0.25, 0.3) is 11.0 Å². The highest BCUT2D eigenvalue weighted by atomic mass is 79.9. The van der Waals surface area contributed by atoms with E-state index in [9.17, 15) is 14.7 Å². The lowest BCUT2D eigenvalue weighted by atomic mass is 10.1. The smallest absolute Gasteiger partial charge is 0.379 e. The van der Waals surface area contributed by atoms with Crippen LogP contribution in [0.5, 0.6) is 5.75 Å². The molecule has 5 nitrogen and oxygen atoms in total. The predicted octanol–water partition coefficient (Wildman–Crippen LogP) is 3.51. The molecule has 2 aromatic carbocycles. The summed E-state index contributed by atoms with van der Waals surface area (Å²) >= 11 is 3.30. The van der Waals surface area contributed by atoms with Crippen molar-refractivity contribution < 1.29 is 14.3 Å². The van der Waals surface area contributed by atoms with E-state index in [0.717, 1.165) is 4.47 Å². The molecule has 0 aliphatic heterocycles. The topological polar surface area (TPSA) is 79.5 Å². The first-order chi connectivity index (χ1) is 10.6. The molecule has 1 amide bonds. The summed E-state index contributed by atoms with van der Waals surface area (Å²) in [5, 5.41) is 12.9. The standard InChI is InChI=1S/C16H10BrNO4/c17-9-5-7-10(8-6-9)18-15(20)13-11-3-1-2-4-12(11)22-16(21)14(13)19/h1-8,19H,(H,18,20). The molecule has 0 atom stereocenters. The van der Waals surface area contributed by atoms with Crippen LogP contribution >= 0.6 is 15.9 Å². The molecule has 0 spiro atoms. The van der Waals surface area contributed by atoms with E-state index in [1.165, 1.54) is 0 Å². The maximum atomic E-state index is 12.4. The minimum atomic E-state index is -0.945. The Morgan fingerprint density at radius 1 is 1.09 bits per heavy atom. The molecular weight excluding hydrogens is 350 g/mol. The van der Waals surface area contributed by atoms with Gasteiger partial charge >= 0.3 is 5.63 Å². The van der Waals surface area contributed by atoms with Gasteiger partial charge in [-0.25, -0.2) is 4.79 Å². The van der Waals surface area contributed by atoms with E-state index >= 15 is 0 Å². The van der Waals surface area contributed by atoms with E-state index in [0.29, 0.717) is 11.1 Å². The van der Waals surface area contributed by atoms with Crippen molar-refractivity contribution >= 4 is 38.5 Å². The second-order valence-corrected chi connectivity index (χ2v) is 5.49. The maximum absolute atomic E-state index is 12.4. The van der Waals surface area contributed by atoms with Crippen molar-refractivity contribution in [3.8, 4) is 5.75 Å². The third kappa shape index (κ3) is 2.60. The number of aromatic hydroxyl groups is 1. The number of hydrogen-bond donors (Lipinski definition) is 2. The molecule has 1 aromatic heterocycles. The van der Waals surface area contributed by atoms with E-state index in [1.54, 1.807) is 48.5 Å². The Balaban J connectivity index is 2.09. The Morgan fingerprint density at radius 3 is 2.50 bits per heavy atom. The summed E-state index contributed by atoms with van der Waals surface area (Å²) in [4.78, 5) is 24.1. The van der Waals surface area contributed by atoms with Gasteiger partial charge in [0.05, 0.1) is 0 Å². The van der Waals surface area contributed by atoms with E-state index < -0.39 is 17.3 Å². The van der Waals surface area contributed by atoms with E-state index in [1.807, 2.05) is 0 Å². The van der Waals surface area contributed by atoms with Crippen molar-refractivity contribution in [1.29, 1.82) is 0 Å². The molecule has 6 heteroatoms. The van der Waals surface area contributed by atoms with Crippen LogP contribution in [0, 0.1) is 0 Å². The van der Waals surface area contributed by atoms with Gasteiger partial charge in [0.1, 0.15) is 11.1 Å². The van der Waals surface area contributed by atoms with E-state index in [-0.39, 0.29) is 11.1 Å². The van der Waals surface area contributed by atoms with Gasteiger partial charge in [0, 0.05) is 15.5 Å². The largest absolute Gasteiger partial charge is 0.501 e. The summed E-state index contributed by atoms with van der Waals surface area (Å²) < 4.78 is 5.83. The highest BCUT2D eigenvalue weighted by Gasteiger charge is 2.20. The molecule has 3 rings (SSSR count). The fraction of sp³-hybridized carbons (Fsp3) is 0. The maximum Gasteiger partial charge on any atom is 0.379 e. The molecule has 0 bridgehead atoms. The quantitative estimate of drug-likeness (QED) is 0.686. The first kappa shape index (κ1) is 14.3. The fourth-order valence-electron chi connectivity index (χ4n) is 2.10. The molecule has 0 saturated heterocycles. The highest BCUT2D eigenvalue weighted by molar-refractivity contribution is 9.10. The number of halogens is 1. The van der Waals surface area contributed by atoms with Gasteiger partial charge in [-0.05, 0) is 30.3 Å². The summed E-state index contributed by atoms with van der Waals surface area (Å²) in [6.07, 6.45) is 0. The van der Waals surface area contributed by atoms with Gasteiger partial charge in [-0.1, -0.05) is 34.1 Å². The van der Waals surface area contributed by atoms with Gasteiger partial charge in [0.2, 0.25) is 5.75 Å². The number of benzene rings is 2. The minimum absolute atomic E-state index is 0.102. The normalized spacial score (nSPS) is 10.6. The van der Waals surface area contributed by atoms with Crippen molar-refractivity contribution in [2.24, 2.45) is 0 Å². The van der Waals surface area contributed by atoms with Crippen LogP contribution in [0.2, 0.25) is 0 Å². The summed E-state index contributed by atoms with van der Waals surface area (Å²) in [6, 6.07) is 13.5. The minimum Gasteiger partial charge on any atom is -0.501 e. The lowest BCUT2D eigenvalue weighted by Crippen LogP contribution is -2.16. The molecular formula is C16H10BrNO4. The number of carbonyl (C=O) groups is 1. The Kier molecular flexibility index (Phi) is 3.68. The Morgan fingerprint density at radius 2 is 1.77 bits per heavy atom. The lowest BCUT2D eigenvalue weighted by molar-refractivity contribution is 0.102. The third-order valence-electron chi connectivity index (χ3n) is 3.12. The predicted molar refractivity (Wildman–Crippen MR) is 86.2 cm³/mol. The molecule has 2 N–H and O–H groups in total. The molecule has 0 fully saturated rings. The van der Waals surface area contributed by atoms with Gasteiger partial charge in [0.15, 0.2) is 0 Å². The number of anilines is 1. The average molecular weight is 360 g/mol. The molecule has 0 aliphatic carbocycles. The zero-order valence-corrected chi connectivity index (χ0v) is 12.8. The van der Waals surface area contributed by atoms with Crippen molar-refractivity contribution in [3.05, 3.63) is 69.0 Å². The van der Waals surface area contributed by atoms with Crippen LogP contribution in [0.1, 0.15) is 10.4 Å². The van der Waals surface area contributed by atoms with Crippen molar-refractivity contribution in [1.82, 2.24) is 0 Å². The van der Waals surface area contributed by atoms with Gasteiger partial charge in [0.25, 0.3) is 5.91 Å². The Hall–Kier alpha value is -2.60. The zero-order valence-electron chi connectivity index (χ0n) is 11.2. The van der Waals surface area contributed by atoms with Gasteiger partial charge in [-0.2, -0.15) is 0 Å². The zero-order chi connectivity index (χ0) is 15.7. The molecule has 3 aromatic rings. The Bertz CT molecular complexity index is 916. The van der Waals surface area contributed by atoms with Crippen LogP contribution in [-0.4, -0.2) is 11.0 Å². The van der Waals surface area contributed by atoms with Crippen LogP contribution < -0.4 is 10.9 Å². The number of fused-ring (bicyclic) bond motifs is 1. The molecule has 0 saturated carbocycles. The van der Waals surface area contributed by atoms with Crippen LogP contribution in [0.15, 0.2) is 62.2 Å².